The zero-order valence-corrected chi connectivity index (χ0v) is 12.2. The average molecular weight is 275 g/mol. The van der Waals surface area contributed by atoms with E-state index in [9.17, 15) is 8.42 Å². The van der Waals surface area contributed by atoms with Crippen LogP contribution in [0, 0.1) is 0 Å². The molecule has 104 valence electrons. The number of hydrogen-bond acceptors (Lipinski definition) is 6. The first-order valence-electron chi connectivity index (χ1n) is 6.02. The second-order valence-corrected chi connectivity index (χ2v) is 7.35. The van der Waals surface area contributed by atoms with Gasteiger partial charge in [0.25, 0.3) is 0 Å². The van der Waals surface area contributed by atoms with Crippen LogP contribution in [0.15, 0.2) is 4.42 Å². The molecule has 0 fully saturated rings. The van der Waals surface area contributed by atoms with Crippen molar-refractivity contribution < 1.29 is 12.8 Å². The zero-order chi connectivity index (χ0) is 13.8. The molecule has 0 saturated heterocycles. The van der Waals surface area contributed by atoms with E-state index in [-0.39, 0.29) is 5.89 Å². The summed E-state index contributed by atoms with van der Waals surface area (Å²) in [5.41, 5.74) is 0. The molecule has 1 heterocycles. The number of aromatic nitrogens is 2. The van der Waals surface area contributed by atoms with E-state index in [4.69, 9.17) is 4.42 Å². The van der Waals surface area contributed by atoms with Crippen LogP contribution in [0.5, 0.6) is 0 Å². The van der Waals surface area contributed by atoms with E-state index < -0.39 is 14.6 Å². The summed E-state index contributed by atoms with van der Waals surface area (Å²) in [5, 5.41) is 10.9. The maximum absolute atomic E-state index is 11.6. The van der Waals surface area contributed by atoms with Crippen LogP contribution in [0.3, 0.4) is 0 Å². The van der Waals surface area contributed by atoms with Gasteiger partial charge in [0.2, 0.25) is 11.8 Å². The van der Waals surface area contributed by atoms with Crippen molar-refractivity contribution in [3.63, 3.8) is 0 Å². The molecule has 0 amide bonds. The van der Waals surface area contributed by atoms with Gasteiger partial charge in [-0.1, -0.05) is 6.92 Å². The third-order valence-electron chi connectivity index (χ3n) is 2.85. The van der Waals surface area contributed by atoms with Gasteiger partial charge in [0.05, 0.1) is 0 Å². The molecule has 0 bridgehead atoms. The summed E-state index contributed by atoms with van der Waals surface area (Å²) in [5.74, 6) is 0.612. The van der Waals surface area contributed by atoms with Gasteiger partial charge in [0.15, 0.2) is 9.84 Å². The van der Waals surface area contributed by atoms with Crippen LogP contribution in [0.25, 0.3) is 0 Å². The van der Waals surface area contributed by atoms with Crippen LogP contribution < -0.4 is 5.32 Å². The molecule has 7 heteroatoms. The standard InChI is InChI=1S/C11H21N3O3S/c1-5-7-12-8-6-9-13-14-10(17-9)11(2,3)18(4,15)16/h12H,5-8H2,1-4H3. The lowest BCUT2D eigenvalue weighted by molar-refractivity contribution is 0.403. The summed E-state index contributed by atoms with van der Waals surface area (Å²) >= 11 is 0. The highest BCUT2D eigenvalue weighted by atomic mass is 32.2. The molecule has 1 aromatic heterocycles. The first kappa shape index (κ1) is 15.1. The fraction of sp³-hybridized carbons (Fsp3) is 0.818. The molecular formula is C11H21N3O3S. The SMILES string of the molecule is CCCNCCc1nnc(C(C)(C)S(C)(=O)=O)o1. The zero-order valence-electron chi connectivity index (χ0n) is 11.4. The van der Waals surface area contributed by atoms with Crippen molar-refractivity contribution in [2.24, 2.45) is 0 Å². The van der Waals surface area contributed by atoms with Gasteiger partial charge in [-0.15, -0.1) is 10.2 Å². The molecule has 1 N–H and O–H groups in total. The first-order valence-corrected chi connectivity index (χ1v) is 7.91. The number of sulfone groups is 1. The highest BCUT2D eigenvalue weighted by Crippen LogP contribution is 2.27. The van der Waals surface area contributed by atoms with Crippen molar-refractivity contribution in [2.45, 2.75) is 38.4 Å². The Kier molecular flexibility index (Phi) is 4.86. The van der Waals surface area contributed by atoms with Gasteiger partial charge < -0.3 is 9.73 Å². The van der Waals surface area contributed by atoms with Crippen molar-refractivity contribution in [2.75, 3.05) is 19.3 Å². The predicted molar refractivity (Wildman–Crippen MR) is 69.0 cm³/mol. The van der Waals surface area contributed by atoms with E-state index in [0.717, 1.165) is 19.5 Å². The van der Waals surface area contributed by atoms with Gasteiger partial charge in [-0.3, -0.25) is 0 Å². The lowest BCUT2D eigenvalue weighted by atomic mass is 10.2. The summed E-state index contributed by atoms with van der Waals surface area (Å²) in [7, 11) is -3.28. The third-order valence-corrected chi connectivity index (χ3v) is 4.88. The molecule has 0 radical (unpaired) electrons. The molecule has 0 atom stereocenters. The van der Waals surface area contributed by atoms with Crippen molar-refractivity contribution in [3.05, 3.63) is 11.8 Å². The lowest BCUT2D eigenvalue weighted by Gasteiger charge is -2.16. The second kappa shape index (κ2) is 5.79. The molecule has 1 rings (SSSR count). The lowest BCUT2D eigenvalue weighted by Crippen LogP contribution is -2.28. The Balaban J connectivity index is 2.69. The van der Waals surface area contributed by atoms with E-state index >= 15 is 0 Å². The highest BCUT2D eigenvalue weighted by molar-refractivity contribution is 7.91. The molecule has 0 unspecified atom stereocenters. The maximum atomic E-state index is 11.6. The molecular weight excluding hydrogens is 254 g/mol. The maximum Gasteiger partial charge on any atom is 0.237 e. The molecule has 0 aliphatic rings. The molecule has 6 nitrogen and oxygen atoms in total. The number of nitrogens with one attached hydrogen (secondary N) is 1. The molecule has 18 heavy (non-hydrogen) atoms. The molecule has 0 aromatic carbocycles. The van der Waals surface area contributed by atoms with E-state index in [1.807, 2.05) is 0 Å². The molecule has 0 spiro atoms. The molecule has 0 aliphatic heterocycles. The summed E-state index contributed by atoms with van der Waals surface area (Å²) in [6, 6.07) is 0. The van der Waals surface area contributed by atoms with Gasteiger partial charge in [-0.2, -0.15) is 0 Å². The van der Waals surface area contributed by atoms with Crippen LogP contribution in [0.1, 0.15) is 39.0 Å². The van der Waals surface area contributed by atoms with E-state index in [2.05, 4.69) is 22.4 Å². The van der Waals surface area contributed by atoms with Gasteiger partial charge in [0, 0.05) is 19.2 Å². The summed E-state index contributed by atoms with van der Waals surface area (Å²) in [4.78, 5) is 0. The minimum Gasteiger partial charge on any atom is -0.424 e. The van der Waals surface area contributed by atoms with Crippen molar-refractivity contribution in [1.29, 1.82) is 0 Å². The van der Waals surface area contributed by atoms with Crippen LogP contribution in [0.4, 0.5) is 0 Å². The van der Waals surface area contributed by atoms with Crippen molar-refractivity contribution >= 4 is 9.84 Å². The minimum atomic E-state index is -3.28. The van der Waals surface area contributed by atoms with Crippen molar-refractivity contribution in [3.8, 4) is 0 Å². The van der Waals surface area contributed by atoms with E-state index in [1.54, 1.807) is 13.8 Å². The minimum absolute atomic E-state index is 0.149. The number of hydrogen-bond donors (Lipinski definition) is 1. The summed E-state index contributed by atoms with van der Waals surface area (Å²) < 4.78 is 27.5. The van der Waals surface area contributed by atoms with Gasteiger partial charge in [0.1, 0.15) is 4.75 Å². The third kappa shape index (κ3) is 3.52. The van der Waals surface area contributed by atoms with Crippen molar-refractivity contribution in [1.82, 2.24) is 15.5 Å². The monoisotopic (exact) mass is 275 g/mol. The molecule has 0 saturated carbocycles. The smallest absolute Gasteiger partial charge is 0.237 e. The van der Waals surface area contributed by atoms with Crippen LogP contribution in [0.2, 0.25) is 0 Å². The Morgan fingerprint density at radius 3 is 2.50 bits per heavy atom. The summed E-state index contributed by atoms with van der Waals surface area (Å²) in [6.45, 7) is 6.90. The summed E-state index contributed by atoms with van der Waals surface area (Å²) in [6.07, 6.45) is 2.84. The van der Waals surface area contributed by atoms with E-state index in [0.29, 0.717) is 12.3 Å². The normalized spacial score (nSPS) is 12.9. The highest BCUT2D eigenvalue weighted by Gasteiger charge is 2.37. The topological polar surface area (TPSA) is 85.1 Å². The van der Waals surface area contributed by atoms with Gasteiger partial charge >= 0.3 is 0 Å². The number of nitrogens with zero attached hydrogens (tertiary/aromatic N) is 2. The molecule has 0 aliphatic carbocycles. The fourth-order valence-electron chi connectivity index (χ4n) is 1.25. The Morgan fingerprint density at radius 2 is 1.94 bits per heavy atom. The number of rotatable bonds is 7. The fourth-order valence-corrected chi connectivity index (χ4v) is 1.65. The van der Waals surface area contributed by atoms with Crippen LogP contribution in [-0.2, 0) is 21.0 Å². The Morgan fingerprint density at radius 1 is 1.28 bits per heavy atom. The quantitative estimate of drug-likeness (QED) is 0.744. The van der Waals surface area contributed by atoms with Crippen LogP contribution >= 0.6 is 0 Å². The Bertz CT molecular complexity index is 479. The van der Waals surface area contributed by atoms with Gasteiger partial charge in [-0.05, 0) is 26.8 Å². The predicted octanol–water partition coefficient (Wildman–Crippen LogP) is 0.891. The van der Waals surface area contributed by atoms with E-state index in [1.165, 1.54) is 6.26 Å². The molecule has 1 aromatic rings. The second-order valence-electron chi connectivity index (χ2n) is 4.78. The van der Waals surface area contributed by atoms with Crippen LogP contribution in [-0.4, -0.2) is 38.0 Å². The van der Waals surface area contributed by atoms with Gasteiger partial charge in [-0.25, -0.2) is 8.42 Å². The Labute approximate surface area is 108 Å². The largest absolute Gasteiger partial charge is 0.424 e. The average Bonchev–Trinajstić information content (AvgIpc) is 2.72. The first-order chi connectivity index (χ1) is 8.29. The Hall–Kier alpha value is -0.950.